The average Bonchev–Trinajstić information content (AvgIpc) is 3.58. The van der Waals surface area contributed by atoms with E-state index in [0.717, 1.165) is 18.4 Å². The summed E-state index contributed by atoms with van der Waals surface area (Å²) in [5, 5.41) is 2.94. The fourth-order valence-corrected chi connectivity index (χ4v) is 4.93. The van der Waals surface area contributed by atoms with Gasteiger partial charge in [-0.1, -0.05) is 0 Å². The second-order valence-corrected chi connectivity index (χ2v) is 8.98. The Morgan fingerprint density at radius 2 is 1.53 bits per heavy atom. The molecule has 0 saturated carbocycles. The molecular formula is C27H34N4O5. The molecular weight excluding hydrogens is 460 g/mol. The first-order valence-electron chi connectivity index (χ1n) is 12.7. The van der Waals surface area contributed by atoms with Gasteiger partial charge in [0.05, 0.1) is 13.2 Å². The molecule has 0 unspecified atom stereocenters. The molecule has 2 aliphatic heterocycles. The van der Waals surface area contributed by atoms with Crippen LogP contribution >= 0.6 is 0 Å². The van der Waals surface area contributed by atoms with Crippen molar-refractivity contribution in [1.29, 1.82) is 0 Å². The lowest BCUT2D eigenvalue weighted by Gasteiger charge is -2.31. The minimum Gasteiger partial charge on any atom is -0.494 e. The van der Waals surface area contributed by atoms with E-state index in [4.69, 9.17) is 9.47 Å². The van der Waals surface area contributed by atoms with Gasteiger partial charge in [0.25, 0.3) is 5.91 Å². The lowest BCUT2D eigenvalue weighted by atomic mass is 10.1. The predicted octanol–water partition coefficient (Wildman–Crippen LogP) is 2.79. The van der Waals surface area contributed by atoms with Crippen LogP contribution in [0.25, 0.3) is 0 Å². The van der Waals surface area contributed by atoms with Crippen molar-refractivity contribution in [3.63, 3.8) is 0 Å². The molecule has 3 heterocycles. The maximum Gasteiger partial charge on any atom is 0.254 e. The van der Waals surface area contributed by atoms with Crippen LogP contribution in [0.3, 0.4) is 0 Å². The normalized spacial score (nSPS) is 19.3. The van der Waals surface area contributed by atoms with Gasteiger partial charge >= 0.3 is 0 Å². The smallest absolute Gasteiger partial charge is 0.254 e. The summed E-state index contributed by atoms with van der Waals surface area (Å²) in [6.07, 6.45) is 6.05. The highest BCUT2D eigenvalue weighted by molar-refractivity contribution is 5.99. The van der Waals surface area contributed by atoms with E-state index < -0.39 is 12.1 Å². The number of nitrogens with zero attached hydrogens (tertiary/aromatic N) is 3. The maximum absolute atomic E-state index is 13.6. The van der Waals surface area contributed by atoms with Crippen molar-refractivity contribution in [2.45, 2.75) is 58.2 Å². The average molecular weight is 495 g/mol. The van der Waals surface area contributed by atoms with E-state index in [2.05, 4.69) is 10.3 Å². The lowest BCUT2D eigenvalue weighted by Crippen LogP contribution is -2.52. The van der Waals surface area contributed by atoms with Gasteiger partial charge in [-0.3, -0.25) is 19.4 Å². The third-order valence-corrected chi connectivity index (χ3v) is 6.60. The number of amides is 3. The molecule has 2 saturated heterocycles. The molecule has 0 bridgehead atoms. The second kappa shape index (κ2) is 11.9. The molecule has 0 spiro atoms. The van der Waals surface area contributed by atoms with E-state index in [-0.39, 0.29) is 17.7 Å². The zero-order valence-corrected chi connectivity index (χ0v) is 20.9. The van der Waals surface area contributed by atoms with Crippen molar-refractivity contribution in [3.05, 3.63) is 53.9 Å². The molecule has 36 heavy (non-hydrogen) atoms. The standard InChI is InChI=1S/C27H34N4O5/c1-3-35-21-15-20(16-22(17-21)36-4-2)26(33)31-14-6-8-24(31)27(34)30-13-5-7-23(30)25(32)29-18-19-9-11-28-12-10-19/h9-12,15-17,23-24H,3-8,13-14,18H2,1-2H3,(H,29,32)/t23-,24+/m0/s1. The van der Waals surface area contributed by atoms with Crippen LogP contribution in [0.15, 0.2) is 42.7 Å². The number of carbonyl (C=O) groups is 3. The van der Waals surface area contributed by atoms with Crippen LogP contribution in [0, 0.1) is 0 Å². The topological polar surface area (TPSA) is 101 Å². The van der Waals surface area contributed by atoms with Crippen LogP contribution in [0.1, 0.15) is 55.5 Å². The number of hydrogen-bond acceptors (Lipinski definition) is 6. The number of rotatable bonds is 9. The minimum atomic E-state index is -0.586. The molecule has 4 rings (SSSR count). The zero-order valence-electron chi connectivity index (χ0n) is 20.9. The number of benzene rings is 1. The van der Waals surface area contributed by atoms with Crippen LogP contribution in [-0.4, -0.2) is 70.9 Å². The molecule has 2 atom stereocenters. The number of likely N-dealkylation sites (tertiary alicyclic amines) is 2. The summed E-state index contributed by atoms with van der Waals surface area (Å²) in [5.74, 6) is 0.553. The molecule has 2 aromatic rings. The fraction of sp³-hybridized carbons (Fsp3) is 0.481. The molecule has 2 fully saturated rings. The Labute approximate surface area is 211 Å². The van der Waals surface area contributed by atoms with Gasteiger partial charge in [-0.2, -0.15) is 0 Å². The first-order valence-corrected chi connectivity index (χ1v) is 12.7. The Hall–Kier alpha value is -3.62. The molecule has 0 radical (unpaired) electrons. The van der Waals surface area contributed by atoms with Crippen molar-refractivity contribution in [2.24, 2.45) is 0 Å². The van der Waals surface area contributed by atoms with Gasteiger partial charge in [0.15, 0.2) is 0 Å². The maximum atomic E-state index is 13.6. The zero-order chi connectivity index (χ0) is 25.5. The first-order chi connectivity index (χ1) is 17.5. The summed E-state index contributed by atoms with van der Waals surface area (Å²) < 4.78 is 11.2. The summed E-state index contributed by atoms with van der Waals surface area (Å²) >= 11 is 0. The highest BCUT2D eigenvalue weighted by Crippen LogP contribution is 2.29. The molecule has 192 valence electrons. The van der Waals surface area contributed by atoms with Crippen molar-refractivity contribution in [2.75, 3.05) is 26.3 Å². The third-order valence-electron chi connectivity index (χ3n) is 6.60. The van der Waals surface area contributed by atoms with Gasteiger partial charge in [0.2, 0.25) is 11.8 Å². The number of aromatic nitrogens is 1. The Bertz CT molecular complexity index is 1050. The van der Waals surface area contributed by atoms with Crippen molar-refractivity contribution in [1.82, 2.24) is 20.1 Å². The SMILES string of the molecule is CCOc1cc(OCC)cc(C(=O)N2CCC[C@@H]2C(=O)N2CCC[C@H]2C(=O)NCc2ccncc2)c1. The van der Waals surface area contributed by atoms with Crippen LogP contribution in [-0.2, 0) is 16.1 Å². The third kappa shape index (κ3) is 5.78. The van der Waals surface area contributed by atoms with E-state index in [0.29, 0.717) is 62.8 Å². The summed E-state index contributed by atoms with van der Waals surface area (Å²) in [6.45, 7) is 6.07. The van der Waals surface area contributed by atoms with E-state index in [1.807, 2.05) is 26.0 Å². The molecule has 1 N–H and O–H groups in total. The van der Waals surface area contributed by atoms with Gasteiger partial charge in [0, 0.05) is 43.7 Å². The van der Waals surface area contributed by atoms with E-state index in [9.17, 15) is 14.4 Å². The number of nitrogens with one attached hydrogen (secondary N) is 1. The van der Waals surface area contributed by atoms with E-state index >= 15 is 0 Å². The molecule has 9 heteroatoms. The minimum absolute atomic E-state index is 0.159. The summed E-state index contributed by atoms with van der Waals surface area (Å²) in [4.78, 5) is 47.4. The fourth-order valence-electron chi connectivity index (χ4n) is 4.93. The summed E-state index contributed by atoms with van der Waals surface area (Å²) in [7, 11) is 0. The highest BCUT2D eigenvalue weighted by atomic mass is 16.5. The van der Waals surface area contributed by atoms with Gasteiger partial charge in [0.1, 0.15) is 23.6 Å². The van der Waals surface area contributed by atoms with Crippen LogP contribution in [0.4, 0.5) is 0 Å². The summed E-state index contributed by atoms with van der Waals surface area (Å²) in [6, 6.07) is 7.73. The van der Waals surface area contributed by atoms with Gasteiger partial charge in [-0.25, -0.2) is 0 Å². The monoisotopic (exact) mass is 494 g/mol. The van der Waals surface area contributed by atoms with Crippen LogP contribution < -0.4 is 14.8 Å². The highest BCUT2D eigenvalue weighted by Gasteiger charge is 2.42. The number of ether oxygens (including phenoxy) is 2. The van der Waals surface area contributed by atoms with E-state index in [1.54, 1.807) is 40.4 Å². The largest absolute Gasteiger partial charge is 0.494 e. The number of pyridine rings is 1. The lowest BCUT2D eigenvalue weighted by molar-refractivity contribution is -0.141. The predicted molar refractivity (Wildman–Crippen MR) is 134 cm³/mol. The van der Waals surface area contributed by atoms with Gasteiger partial charge in [-0.05, 0) is 69.4 Å². The van der Waals surface area contributed by atoms with Gasteiger partial charge in [-0.15, -0.1) is 0 Å². The van der Waals surface area contributed by atoms with Crippen molar-refractivity contribution in [3.8, 4) is 11.5 Å². The molecule has 1 aromatic heterocycles. The van der Waals surface area contributed by atoms with Crippen molar-refractivity contribution >= 4 is 17.7 Å². The quantitative estimate of drug-likeness (QED) is 0.575. The number of hydrogen-bond donors (Lipinski definition) is 1. The second-order valence-electron chi connectivity index (χ2n) is 8.98. The summed E-state index contributed by atoms with van der Waals surface area (Å²) in [5.41, 5.74) is 1.37. The van der Waals surface area contributed by atoms with Gasteiger partial charge < -0.3 is 24.6 Å². The van der Waals surface area contributed by atoms with E-state index in [1.165, 1.54) is 0 Å². The van der Waals surface area contributed by atoms with Crippen LogP contribution in [0.2, 0.25) is 0 Å². The Morgan fingerprint density at radius 1 is 0.917 bits per heavy atom. The first kappa shape index (κ1) is 25.5. The Kier molecular flexibility index (Phi) is 8.40. The van der Waals surface area contributed by atoms with Crippen LogP contribution in [0.5, 0.6) is 11.5 Å². The molecule has 2 aliphatic rings. The van der Waals surface area contributed by atoms with Crippen molar-refractivity contribution < 1.29 is 23.9 Å². The molecule has 1 aromatic carbocycles. The molecule has 0 aliphatic carbocycles. The molecule has 3 amide bonds. The Balaban J connectivity index is 1.46. The number of carbonyl (C=O) groups excluding carboxylic acids is 3. The molecule has 9 nitrogen and oxygen atoms in total. The Morgan fingerprint density at radius 3 is 2.17 bits per heavy atom.